The quantitative estimate of drug-likeness (QED) is 0.722. The van der Waals surface area contributed by atoms with Gasteiger partial charge in [0.1, 0.15) is 5.65 Å². The third-order valence-corrected chi connectivity index (χ3v) is 5.39. The van der Waals surface area contributed by atoms with Crippen molar-refractivity contribution in [2.24, 2.45) is 0 Å². The average Bonchev–Trinajstić information content (AvgIpc) is 3.01. The molecule has 1 atom stereocenters. The van der Waals surface area contributed by atoms with Gasteiger partial charge in [-0.25, -0.2) is 4.98 Å². The van der Waals surface area contributed by atoms with Gasteiger partial charge in [0.2, 0.25) is 0 Å². The topological polar surface area (TPSA) is 46.6 Å². The first kappa shape index (κ1) is 16.2. The van der Waals surface area contributed by atoms with Crippen LogP contribution in [0.1, 0.15) is 38.3 Å². The standard InChI is InChI=1S/C21H26N4/c1-2-18-7-3-5-13-24(18)15-19-21(16-9-11-17(22)12-10-16)23-20-8-4-6-14-25(19)20/h4,6,8-12,14,18H,2-3,5,7,13,15,22H2,1H3. The van der Waals surface area contributed by atoms with Crippen LogP contribution in [0.5, 0.6) is 0 Å². The van der Waals surface area contributed by atoms with E-state index in [-0.39, 0.29) is 0 Å². The van der Waals surface area contributed by atoms with E-state index in [9.17, 15) is 0 Å². The molecule has 4 rings (SSSR count). The second kappa shape index (κ2) is 6.89. The Morgan fingerprint density at radius 3 is 2.76 bits per heavy atom. The number of anilines is 1. The van der Waals surface area contributed by atoms with Crippen molar-refractivity contribution in [2.45, 2.75) is 45.2 Å². The molecule has 3 aromatic rings. The lowest BCUT2D eigenvalue weighted by atomic mass is 9.99. The third-order valence-electron chi connectivity index (χ3n) is 5.39. The number of rotatable bonds is 4. The van der Waals surface area contributed by atoms with E-state index < -0.39 is 0 Å². The summed E-state index contributed by atoms with van der Waals surface area (Å²) >= 11 is 0. The van der Waals surface area contributed by atoms with Gasteiger partial charge >= 0.3 is 0 Å². The fraction of sp³-hybridized carbons (Fsp3) is 0.381. The number of nitrogen functional groups attached to an aromatic ring is 1. The molecule has 25 heavy (non-hydrogen) atoms. The molecule has 1 saturated heterocycles. The minimum absolute atomic E-state index is 0.683. The Hall–Kier alpha value is -2.33. The summed E-state index contributed by atoms with van der Waals surface area (Å²) in [6, 6.07) is 15.0. The number of nitrogens with zero attached hydrogens (tertiary/aromatic N) is 3. The van der Waals surface area contributed by atoms with Gasteiger partial charge < -0.3 is 10.1 Å². The average molecular weight is 334 g/mol. The summed E-state index contributed by atoms with van der Waals surface area (Å²) in [5, 5.41) is 0. The highest BCUT2D eigenvalue weighted by Crippen LogP contribution is 2.29. The van der Waals surface area contributed by atoms with E-state index in [4.69, 9.17) is 10.7 Å². The zero-order valence-electron chi connectivity index (χ0n) is 14.9. The molecule has 4 heteroatoms. The number of fused-ring (bicyclic) bond motifs is 1. The van der Waals surface area contributed by atoms with E-state index in [0.29, 0.717) is 6.04 Å². The Kier molecular flexibility index (Phi) is 4.45. The van der Waals surface area contributed by atoms with Crippen molar-refractivity contribution in [1.82, 2.24) is 14.3 Å². The van der Waals surface area contributed by atoms with Crippen molar-refractivity contribution in [3.05, 3.63) is 54.4 Å². The molecule has 0 aliphatic carbocycles. The van der Waals surface area contributed by atoms with Gasteiger partial charge in [0.15, 0.2) is 0 Å². The first-order chi connectivity index (χ1) is 12.3. The molecule has 1 aromatic carbocycles. The lowest BCUT2D eigenvalue weighted by molar-refractivity contribution is 0.134. The van der Waals surface area contributed by atoms with Gasteiger partial charge in [-0.3, -0.25) is 4.90 Å². The van der Waals surface area contributed by atoms with E-state index in [1.165, 1.54) is 37.9 Å². The summed E-state index contributed by atoms with van der Waals surface area (Å²) in [5.41, 5.74) is 11.2. The number of piperidine rings is 1. The number of benzene rings is 1. The SMILES string of the molecule is CCC1CCCCN1Cc1c(-c2ccc(N)cc2)nc2ccccn12. The Morgan fingerprint density at radius 1 is 1.12 bits per heavy atom. The summed E-state index contributed by atoms with van der Waals surface area (Å²) in [6.45, 7) is 4.43. The minimum Gasteiger partial charge on any atom is -0.399 e. The van der Waals surface area contributed by atoms with Crippen molar-refractivity contribution in [3.63, 3.8) is 0 Å². The van der Waals surface area contributed by atoms with E-state index in [2.05, 4.69) is 52.8 Å². The van der Waals surface area contributed by atoms with Crippen LogP contribution in [-0.4, -0.2) is 26.9 Å². The molecule has 0 spiro atoms. The minimum atomic E-state index is 0.683. The largest absolute Gasteiger partial charge is 0.399 e. The highest BCUT2D eigenvalue weighted by molar-refractivity contribution is 5.68. The Labute approximate surface area is 149 Å². The van der Waals surface area contributed by atoms with Crippen LogP contribution in [-0.2, 0) is 6.54 Å². The molecule has 4 nitrogen and oxygen atoms in total. The second-order valence-electron chi connectivity index (χ2n) is 6.99. The highest BCUT2D eigenvalue weighted by Gasteiger charge is 2.24. The Bertz CT molecular complexity index is 850. The van der Waals surface area contributed by atoms with Crippen LogP contribution in [0.4, 0.5) is 5.69 Å². The van der Waals surface area contributed by atoms with Crippen LogP contribution in [0.15, 0.2) is 48.7 Å². The molecular formula is C21H26N4. The van der Waals surface area contributed by atoms with Crippen LogP contribution in [0.3, 0.4) is 0 Å². The number of hydrogen-bond acceptors (Lipinski definition) is 3. The Balaban J connectivity index is 1.78. The molecule has 0 saturated carbocycles. The number of likely N-dealkylation sites (tertiary alicyclic amines) is 1. The number of hydrogen-bond donors (Lipinski definition) is 1. The fourth-order valence-corrected chi connectivity index (χ4v) is 3.99. The van der Waals surface area contributed by atoms with Crippen molar-refractivity contribution in [1.29, 1.82) is 0 Å². The van der Waals surface area contributed by atoms with Crippen LogP contribution in [0, 0.1) is 0 Å². The number of aromatic nitrogens is 2. The molecule has 2 N–H and O–H groups in total. The summed E-state index contributed by atoms with van der Waals surface area (Å²) in [6.07, 6.45) is 7.30. The molecule has 0 bridgehead atoms. The van der Waals surface area contributed by atoms with E-state index in [1.54, 1.807) is 0 Å². The first-order valence-corrected chi connectivity index (χ1v) is 9.32. The number of pyridine rings is 1. The molecule has 1 aliphatic heterocycles. The molecule has 3 heterocycles. The molecular weight excluding hydrogens is 308 g/mol. The smallest absolute Gasteiger partial charge is 0.137 e. The van der Waals surface area contributed by atoms with Crippen LogP contribution in [0.2, 0.25) is 0 Å². The van der Waals surface area contributed by atoms with Gasteiger partial charge in [-0.15, -0.1) is 0 Å². The lowest BCUT2D eigenvalue weighted by Crippen LogP contribution is -2.38. The van der Waals surface area contributed by atoms with Crippen LogP contribution >= 0.6 is 0 Å². The first-order valence-electron chi connectivity index (χ1n) is 9.32. The molecule has 1 fully saturated rings. The zero-order valence-corrected chi connectivity index (χ0v) is 14.9. The highest BCUT2D eigenvalue weighted by atomic mass is 15.2. The zero-order chi connectivity index (χ0) is 17.2. The van der Waals surface area contributed by atoms with Crippen LogP contribution < -0.4 is 5.73 Å². The van der Waals surface area contributed by atoms with Gasteiger partial charge in [0.25, 0.3) is 0 Å². The van der Waals surface area contributed by atoms with Gasteiger partial charge in [0.05, 0.1) is 11.4 Å². The maximum Gasteiger partial charge on any atom is 0.137 e. The molecule has 130 valence electrons. The van der Waals surface area contributed by atoms with Gasteiger partial charge in [-0.1, -0.05) is 31.5 Å². The summed E-state index contributed by atoms with van der Waals surface area (Å²) in [7, 11) is 0. The maximum absolute atomic E-state index is 5.87. The van der Waals surface area contributed by atoms with E-state index in [0.717, 1.165) is 29.1 Å². The molecule has 0 radical (unpaired) electrons. The summed E-state index contributed by atoms with van der Waals surface area (Å²) in [4.78, 5) is 7.56. The van der Waals surface area contributed by atoms with E-state index >= 15 is 0 Å². The van der Waals surface area contributed by atoms with Crippen molar-refractivity contribution < 1.29 is 0 Å². The van der Waals surface area contributed by atoms with Crippen LogP contribution in [0.25, 0.3) is 16.9 Å². The Morgan fingerprint density at radius 2 is 1.96 bits per heavy atom. The van der Waals surface area contributed by atoms with Crippen molar-refractivity contribution in [3.8, 4) is 11.3 Å². The second-order valence-corrected chi connectivity index (χ2v) is 6.99. The predicted octanol–water partition coefficient (Wildman–Crippen LogP) is 4.35. The normalized spacial score (nSPS) is 18.7. The van der Waals surface area contributed by atoms with Crippen molar-refractivity contribution >= 4 is 11.3 Å². The number of nitrogens with two attached hydrogens (primary N) is 1. The summed E-state index contributed by atoms with van der Waals surface area (Å²) in [5.74, 6) is 0. The monoisotopic (exact) mass is 334 g/mol. The summed E-state index contributed by atoms with van der Waals surface area (Å²) < 4.78 is 2.24. The third kappa shape index (κ3) is 3.14. The maximum atomic E-state index is 5.87. The molecule has 2 aromatic heterocycles. The van der Waals surface area contributed by atoms with Gasteiger partial charge in [-0.05, 0) is 50.1 Å². The van der Waals surface area contributed by atoms with Crippen molar-refractivity contribution in [2.75, 3.05) is 12.3 Å². The molecule has 1 unspecified atom stereocenters. The predicted molar refractivity (Wildman–Crippen MR) is 103 cm³/mol. The van der Waals surface area contributed by atoms with Gasteiger partial charge in [-0.2, -0.15) is 0 Å². The lowest BCUT2D eigenvalue weighted by Gasteiger charge is -2.35. The number of imidazole rings is 1. The fourth-order valence-electron chi connectivity index (χ4n) is 3.99. The van der Waals surface area contributed by atoms with Gasteiger partial charge in [0, 0.05) is 30.0 Å². The van der Waals surface area contributed by atoms with E-state index in [1.807, 2.05) is 12.1 Å². The molecule has 1 aliphatic rings. The molecule has 0 amide bonds.